The third-order valence-electron chi connectivity index (χ3n) is 4.34. The van der Waals surface area contributed by atoms with Crippen molar-refractivity contribution in [1.82, 2.24) is 4.90 Å². The van der Waals surface area contributed by atoms with E-state index in [4.69, 9.17) is 9.47 Å². The Morgan fingerprint density at radius 1 is 1.18 bits per heavy atom. The van der Waals surface area contributed by atoms with Crippen LogP contribution in [-0.2, 0) is 20.4 Å². The summed E-state index contributed by atoms with van der Waals surface area (Å²) in [6, 6.07) is 14.4. The number of hydrogen-bond donors (Lipinski definition) is 0. The van der Waals surface area contributed by atoms with Gasteiger partial charge >= 0.3 is 0 Å². The molecule has 0 aromatic heterocycles. The summed E-state index contributed by atoms with van der Waals surface area (Å²) in [5.74, 6) is 0.165. The molecular weight excluding hydrogens is 446 g/mol. The first-order valence-corrected chi connectivity index (χ1v) is 11.6. The van der Waals surface area contributed by atoms with Gasteiger partial charge in [0, 0.05) is 11.0 Å². The van der Waals surface area contributed by atoms with E-state index in [9.17, 15) is 13.2 Å². The third kappa shape index (κ3) is 5.48. The maximum absolute atomic E-state index is 12.6. The summed E-state index contributed by atoms with van der Waals surface area (Å²) < 4.78 is 37.3. The largest absolute Gasteiger partial charge is 0.486 e. The summed E-state index contributed by atoms with van der Waals surface area (Å²) >= 11 is 3.33. The molecule has 2 aromatic carbocycles. The lowest BCUT2D eigenvalue weighted by Gasteiger charge is -2.30. The van der Waals surface area contributed by atoms with E-state index < -0.39 is 21.5 Å². The first kappa shape index (κ1) is 20.7. The molecule has 0 aliphatic carbocycles. The number of carbonyl (C=O) groups excluding carboxylic acids is 1. The van der Waals surface area contributed by atoms with Crippen molar-refractivity contribution in [3.63, 3.8) is 0 Å². The van der Waals surface area contributed by atoms with Crippen LogP contribution in [0.25, 0.3) is 0 Å². The number of rotatable bonds is 7. The smallest absolute Gasteiger partial charge is 0.237 e. The predicted octanol–water partition coefficient (Wildman–Crippen LogP) is 3.05. The van der Waals surface area contributed by atoms with E-state index in [0.29, 0.717) is 30.2 Å². The van der Waals surface area contributed by atoms with Gasteiger partial charge in [0.25, 0.3) is 0 Å². The fraction of sp³-hybridized carbons (Fsp3) is 0.350. The number of ether oxygens (including phenoxy) is 2. The van der Waals surface area contributed by atoms with Crippen molar-refractivity contribution in [3.05, 3.63) is 58.6 Å². The average molecular weight is 468 g/mol. The van der Waals surface area contributed by atoms with Crippen molar-refractivity contribution in [2.24, 2.45) is 0 Å². The van der Waals surface area contributed by atoms with Crippen molar-refractivity contribution in [2.45, 2.75) is 18.8 Å². The minimum Gasteiger partial charge on any atom is -0.486 e. The van der Waals surface area contributed by atoms with Gasteiger partial charge in [-0.3, -0.25) is 4.79 Å². The summed E-state index contributed by atoms with van der Waals surface area (Å²) in [5.41, 5.74) is 0.644. The Kier molecular flexibility index (Phi) is 6.61. The molecule has 150 valence electrons. The molecule has 0 N–H and O–H groups in total. The number of halogens is 1. The van der Waals surface area contributed by atoms with Gasteiger partial charge < -0.3 is 14.4 Å². The van der Waals surface area contributed by atoms with Crippen molar-refractivity contribution >= 4 is 31.7 Å². The van der Waals surface area contributed by atoms with Gasteiger partial charge in [0.1, 0.15) is 12.4 Å². The van der Waals surface area contributed by atoms with E-state index in [0.717, 1.165) is 4.47 Å². The lowest BCUT2D eigenvalue weighted by Crippen LogP contribution is -2.45. The predicted molar refractivity (Wildman–Crippen MR) is 110 cm³/mol. The van der Waals surface area contributed by atoms with Crippen LogP contribution in [-0.4, -0.2) is 50.8 Å². The van der Waals surface area contributed by atoms with E-state index in [-0.39, 0.29) is 18.4 Å². The molecular formula is C20H22BrNO5S. The van der Waals surface area contributed by atoms with Crippen LogP contribution in [0, 0.1) is 0 Å². The van der Waals surface area contributed by atoms with E-state index in [2.05, 4.69) is 15.9 Å². The molecule has 8 heteroatoms. The van der Waals surface area contributed by atoms with Crippen LogP contribution < -0.4 is 9.47 Å². The van der Waals surface area contributed by atoms with Gasteiger partial charge in [-0.25, -0.2) is 8.42 Å². The number of amides is 1. The zero-order valence-electron chi connectivity index (χ0n) is 15.5. The van der Waals surface area contributed by atoms with E-state index in [1.54, 1.807) is 18.2 Å². The fourth-order valence-electron chi connectivity index (χ4n) is 3.02. The molecule has 1 unspecified atom stereocenters. The number of likely N-dealkylation sites (N-methyl/N-ethyl adjacent to an activating group) is 1. The first-order chi connectivity index (χ1) is 13.4. The zero-order chi connectivity index (χ0) is 20.1. The second-order valence-corrected chi connectivity index (χ2v) is 9.57. The number of benzene rings is 2. The molecule has 2 aromatic rings. The number of para-hydroxylation sites is 2. The van der Waals surface area contributed by atoms with Crippen LogP contribution >= 0.6 is 15.9 Å². The topological polar surface area (TPSA) is 72.9 Å². The van der Waals surface area contributed by atoms with E-state index in [1.807, 2.05) is 37.3 Å². The standard InChI is InChI=1S/C20H22BrNO5S/c1-2-22(11-17-12-26-18-8-3-4-9-19(18)27-17)20(23)14-28(24,25)13-15-6-5-7-16(21)10-15/h3-10,17H,2,11-14H2,1H3. The average Bonchev–Trinajstić information content (AvgIpc) is 2.65. The summed E-state index contributed by atoms with van der Waals surface area (Å²) in [7, 11) is -3.58. The van der Waals surface area contributed by atoms with Gasteiger partial charge in [-0.05, 0) is 36.8 Å². The Hall–Kier alpha value is -2.06. The normalized spacial score (nSPS) is 15.9. The van der Waals surface area contributed by atoms with Crippen LogP contribution in [0.2, 0.25) is 0 Å². The van der Waals surface area contributed by atoms with Crippen LogP contribution in [0.5, 0.6) is 11.5 Å². The van der Waals surface area contributed by atoms with Crippen LogP contribution in [0.15, 0.2) is 53.0 Å². The Labute approximate surface area is 173 Å². The minimum absolute atomic E-state index is 0.174. The lowest BCUT2D eigenvalue weighted by atomic mass is 10.2. The van der Waals surface area contributed by atoms with Gasteiger partial charge in [0.05, 0.1) is 12.3 Å². The van der Waals surface area contributed by atoms with E-state index in [1.165, 1.54) is 4.90 Å². The number of hydrogen-bond acceptors (Lipinski definition) is 5. The van der Waals surface area contributed by atoms with Crippen molar-refractivity contribution in [2.75, 3.05) is 25.4 Å². The van der Waals surface area contributed by atoms with Crippen LogP contribution in [0.3, 0.4) is 0 Å². The number of fused-ring (bicyclic) bond motifs is 1. The Morgan fingerprint density at radius 3 is 2.64 bits per heavy atom. The van der Waals surface area contributed by atoms with Crippen molar-refractivity contribution in [3.8, 4) is 11.5 Å². The molecule has 1 atom stereocenters. The number of nitrogens with zero attached hydrogens (tertiary/aromatic N) is 1. The van der Waals surface area contributed by atoms with E-state index >= 15 is 0 Å². The summed E-state index contributed by atoms with van der Waals surface area (Å²) in [4.78, 5) is 14.1. The molecule has 0 fully saturated rings. The van der Waals surface area contributed by atoms with Gasteiger partial charge in [-0.1, -0.05) is 40.2 Å². The zero-order valence-corrected chi connectivity index (χ0v) is 17.9. The summed E-state index contributed by atoms with van der Waals surface area (Å²) in [5, 5.41) is 0. The van der Waals surface area contributed by atoms with Gasteiger partial charge in [0.15, 0.2) is 27.4 Å². The minimum atomic E-state index is -3.58. The summed E-state index contributed by atoms with van der Waals surface area (Å²) in [6.45, 7) is 2.80. The monoisotopic (exact) mass is 467 g/mol. The van der Waals surface area contributed by atoms with Crippen molar-refractivity contribution in [1.29, 1.82) is 0 Å². The molecule has 1 aliphatic heterocycles. The summed E-state index contributed by atoms with van der Waals surface area (Å²) in [6.07, 6.45) is -0.341. The molecule has 1 amide bonds. The Morgan fingerprint density at radius 2 is 1.93 bits per heavy atom. The van der Waals surface area contributed by atoms with Gasteiger partial charge in [0.2, 0.25) is 5.91 Å². The molecule has 1 heterocycles. The van der Waals surface area contributed by atoms with Crippen LogP contribution in [0.1, 0.15) is 12.5 Å². The molecule has 6 nitrogen and oxygen atoms in total. The fourth-order valence-corrected chi connectivity index (χ4v) is 4.81. The highest BCUT2D eigenvalue weighted by Gasteiger charge is 2.27. The number of sulfone groups is 1. The molecule has 0 spiro atoms. The van der Waals surface area contributed by atoms with Gasteiger partial charge in [-0.15, -0.1) is 0 Å². The highest BCUT2D eigenvalue weighted by Crippen LogP contribution is 2.31. The Balaban J connectivity index is 1.60. The molecule has 28 heavy (non-hydrogen) atoms. The quantitative estimate of drug-likeness (QED) is 0.625. The molecule has 0 radical (unpaired) electrons. The second kappa shape index (κ2) is 8.96. The third-order valence-corrected chi connectivity index (χ3v) is 6.30. The molecule has 3 rings (SSSR count). The molecule has 0 saturated heterocycles. The second-order valence-electron chi connectivity index (χ2n) is 6.59. The molecule has 1 aliphatic rings. The molecule has 0 bridgehead atoms. The maximum atomic E-state index is 12.6. The van der Waals surface area contributed by atoms with Crippen molar-refractivity contribution < 1.29 is 22.7 Å². The highest BCUT2D eigenvalue weighted by molar-refractivity contribution is 9.10. The highest BCUT2D eigenvalue weighted by atomic mass is 79.9. The first-order valence-electron chi connectivity index (χ1n) is 8.97. The molecule has 0 saturated carbocycles. The maximum Gasteiger partial charge on any atom is 0.237 e. The lowest BCUT2D eigenvalue weighted by molar-refractivity contribution is -0.129. The number of carbonyl (C=O) groups is 1. The Bertz CT molecular complexity index is 947. The SMILES string of the molecule is CCN(CC1COc2ccccc2O1)C(=O)CS(=O)(=O)Cc1cccc(Br)c1. The van der Waals surface area contributed by atoms with Gasteiger partial charge in [-0.2, -0.15) is 0 Å². The van der Waals surface area contributed by atoms with Crippen LogP contribution in [0.4, 0.5) is 0 Å².